The zero-order valence-electron chi connectivity index (χ0n) is 17.3. The molecule has 2 aromatic rings. The number of halogens is 1. The molecule has 1 aromatic carbocycles. The number of rotatable bonds is 5. The highest BCUT2D eigenvalue weighted by Crippen LogP contribution is 2.41. The number of benzene rings is 1. The highest BCUT2D eigenvalue weighted by atomic mass is 19.1. The minimum Gasteiger partial charge on any atom is -0.496 e. The maximum atomic E-state index is 13.5. The van der Waals surface area contributed by atoms with Gasteiger partial charge in [-0.15, -0.1) is 0 Å². The van der Waals surface area contributed by atoms with Gasteiger partial charge in [0, 0.05) is 43.8 Å². The first-order valence-electron chi connectivity index (χ1n) is 10.5. The van der Waals surface area contributed by atoms with Crippen LogP contribution in [0.3, 0.4) is 0 Å². The van der Waals surface area contributed by atoms with Crippen molar-refractivity contribution in [1.29, 1.82) is 0 Å². The van der Waals surface area contributed by atoms with Gasteiger partial charge < -0.3 is 9.64 Å². The summed E-state index contributed by atoms with van der Waals surface area (Å²) in [7, 11) is 1.48. The maximum absolute atomic E-state index is 13.5. The van der Waals surface area contributed by atoms with Crippen LogP contribution in [0.1, 0.15) is 53.2 Å². The standard InChI is InChI=1S/C23H23FN4O3/c1-31-20-11-15(24)6-7-18(20)19-8-9-21(29)28(26-19)16-12-27(13-16)23(30)22-17(14-4-5-14)3-2-10-25-22/h2-3,6-7,10-11,14,16H,4-5,8-9,12-13H2,1H3. The Morgan fingerprint density at radius 2 is 2.00 bits per heavy atom. The van der Waals surface area contributed by atoms with Gasteiger partial charge in [-0.2, -0.15) is 5.10 Å². The van der Waals surface area contributed by atoms with E-state index in [0.717, 1.165) is 18.4 Å². The van der Waals surface area contributed by atoms with Crippen LogP contribution in [0.5, 0.6) is 5.75 Å². The average Bonchev–Trinajstić information content (AvgIpc) is 3.59. The van der Waals surface area contributed by atoms with Crippen molar-refractivity contribution in [3.63, 3.8) is 0 Å². The van der Waals surface area contributed by atoms with Crippen LogP contribution in [0, 0.1) is 5.82 Å². The molecule has 0 atom stereocenters. The Kier molecular flexibility index (Phi) is 4.92. The lowest BCUT2D eigenvalue weighted by Gasteiger charge is -2.44. The number of likely N-dealkylation sites (tertiary alicyclic amines) is 1. The Balaban J connectivity index is 1.32. The first-order valence-corrected chi connectivity index (χ1v) is 10.5. The number of hydrogen-bond acceptors (Lipinski definition) is 5. The third kappa shape index (κ3) is 3.66. The van der Waals surface area contributed by atoms with Crippen molar-refractivity contribution in [3.8, 4) is 5.75 Å². The van der Waals surface area contributed by atoms with Crippen LogP contribution >= 0.6 is 0 Å². The van der Waals surface area contributed by atoms with Gasteiger partial charge in [-0.05, 0) is 42.5 Å². The second-order valence-electron chi connectivity index (χ2n) is 8.21. The number of aromatic nitrogens is 1. The van der Waals surface area contributed by atoms with Gasteiger partial charge in [-0.1, -0.05) is 6.07 Å². The van der Waals surface area contributed by atoms with Gasteiger partial charge in [-0.3, -0.25) is 14.6 Å². The van der Waals surface area contributed by atoms with Crippen molar-refractivity contribution >= 4 is 17.5 Å². The fraction of sp³-hybridized carbons (Fsp3) is 0.391. The molecule has 0 N–H and O–H groups in total. The first kappa shape index (κ1) is 19.7. The zero-order valence-corrected chi connectivity index (χ0v) is 17.3. The van der Waals surface area contributed by atoms with E-state index in [1.165, 1.54) is 24.3 Å². The molecule has 1 saturated carbocycles. The highest BCUT2D eigenvalue weighted by molar-refractivity contribution is 6.06. The molecule has 1 aliphatic carbocycles. The smallest absolute Gasteiger partial charge is 0.272 e. The van der Waals surface area contributed by atoms with E-state index in [1.54, 1.807) is 17.2 Å². The average molecular weight is 422 g/mol. The Morgan fingerprint density at radius 3 is 2.74 bits per heavy atom. The molecule has 3 heterocycles. The Hall–Kier alpha value is -3.29. The van der Waals surface area contributed by atoms with Crippen LogP contribution < -0.4 is 4.74 Å². The molecule has 2 amide bonds. The molecule has 3 aliphatic rings. The fourth-order valence-electron chi connectivity index (χ4n) is 4.20. The van der Waals surface area contributed by atoms with Gasteiger partial charge in [0.25, 0.3) is 5.91 Å². The van der Waals surface area contributed by atoms with E-state index in [0.29, 0.717) is 54.6 Å². The Morgan fingerprint density at radius 1 is 1.19 bits per heavy atom. The monoisotopic (exact) mass is 422 g/mol. The number of amides is 2. The van der Waals surface area contributed by atoms with E-state index in [-0.39, 0.29) is 17.9 Å². The third-order valence-electron chi connectivity index (χ3n) is 6.09. The molecule has 2 fully saturated rings. The molecule has 1 saturated heterocycles. The van der Waals surface area contributed by atoms with Crippen molar-refractivity contribution in [3.05, 3.63) is 59.2 Å². The number of pyridine rings is 1. The molecule has 5 rings (SSSR count). The molecule has 31 heavy (non-hydrogen) atoms. The second kappa shape index (κ2) is 7.76. The minimum atomic E-state index is -0.391. The van der Waals surface area contributed by atoms with Gasteiger partial charge in [-0.25, -0.2) is 9.40 Å². The predicted molar refractivity (Wildman–Crippen MR) is 111 cm³/mol. The van der Waals surface area contributed by atoms with Crippen LogP contribution in [0.2, 0.25) is 0 Å². The molecule has 2 aliphatic heterocycles. The van der Waals surface area contributed by atoms with E-state index < -0.39 is 5.82 Å². The summed E-state index contributed by atoms with van der Waals surface area (Å²) in [5.41, 5.74) is 2.90. The summed E-state index contributed by atoms with van der Waals surface area (Å²) in [6.45, 7) is 0.838. The Labute approximate surface area is 179 Å². The second-order valence-corrected chi connectivity index (χ2v) is 8.21. The summed E-state index contributed by atoms with van der Waals surface area (Å²) >= 11 is 0. The number of hydrogen-bond donors (Lipinski definition) is 0. The molecule has 0 unspecified atom stereocenters. The summed E-state index contributed by atoms with van der Waals surface area (Å²) in [5.74, 6) is 0.275. The van der Waals surface area contributed by atoms with E-state index >= 15 is 0 Å². The van der Waals surface area contributed by atoms with Crippen molar-refractivity contribution in [1.82, 2.24) is 14.9 Å². The number of hydrazone groups is 1. The summed E-state index contributed by atoms with van der Waals surface area (Å²) in [5, 5.41) is 6.04. The number of methoxy groups -OCH3 is 1. The van der Waals surface area contributed by atoms with Crippen molar-refractivity contribution in [2.24, 2.45) is 5.10 Å². The first-order chi connectivity index (χ1) is 15.0. The van der Waals surface area contributed by atoms with E-state index in [1.807, 2.05) is 12.1 Å². The molecule has 160 valence electrons. The lowest BCUT2D eigenvalue weighted by molar-refractivity contribution is -0.137. The lowest BCUT2D eigenvalue weighted by atomic mass is 10.0. The molecular weight excluding hydrogens is 399 g/mol. The van der Waals surface area contributed by atoms with Crippen LogP contribution in [0.25, 0.3) is 0 Å². The molecule has 0 bridgehead atoms. The van der Waals surface area contributed by atoms with Crippen LogP contribution in [-0.4, -0.2) is 58.7 Å². The number of carbonyl (C=O) groups excluding carboxylic acids is 2. The highest BCUT2D eigenvalue weighted by Gasteiger charge is 2.41. The maximum Gasteiger partial charge on any atom is 0.272 e. The predicted octanol–water partition coefficient (Wildman–Crippen LogP) is 2.96. The topological polar surface area (TPSA) is 75.1 Å². The van der Waals surface area contributed by atoms with Crippen molar-refractivity contribution in [2.75, 3.05) is 20.2 Å². The van der Waals surface area contributed by atoms with Crippen LogP contribution in [0.4, 0.5) is 4.39 Å². The minimum absolute atomic E-state index is 0.0709. The molecule has 0 spiro atoms. The van der Waals surface area contributed by atoms with Crippen LogP contribution in [-0.2, 0) is 4.79 Å². The van der Waals surface area contributed by atoms with E-state index in [2.05, 4.69) is 10.1 Å². The quantitative estimate of drug-likeness (QED) is 0.743. The van der Waals surface area contributed by atoms with Gasteiger partial charge in [0.1, 0.15) is 17.3 Å². The summed E-state index contributed by atoms with van der Waals surface area (Å²) in [6, 6.07) is 7.97. The van der Waals surface area contributed by atoms with Gasteiger partial charge >= 0.3 is 0 Å². The number of carbonyl (C=O) groups is 2. The molecule has 7 nitrogen and oxygen atoms in total. The normalized spacial score (nSPS) is 19.2. The number of nitrogens with zero attached hydrogens (tertiary/aromatic N) is 4. The fourth-order valence-corrected chi connectivity index (χ4v) is 4.20. The summed E-state index contributed by atoms with van der Waals surface area (Å²) < 4.78 is 18.8. The molecule has 1 aromatic heterocycles. The summed E-state index contributed by atoms with van der Waals surface area (Å²) in [6.07, 6.45) is 4.63. The van der Waals surface area contributed by atoms with E-state index in [9.17, 15) is 14.0 Å². The lowest BCUT2D eigenvalue weighted by Crippen LogP contribution is -2.61. The van der Waals surface area contributed by atoms with Crippen LogP contribution in [0.15, 0.2) is 41.6 Å². The summed E-state index contributed by atoms with van der Waals surface area (Å²) in [4.78, 5) is 31.5. The SMILES string of the molecule is COc1cc(F)ccc1C1=NN(C2CN(C(=O)c3ncccc3C3CC3)C2)C(=O)CC1. The van der Waals surface area contributed by atoms with Crippen molar-refractivity contribution in [2.45, 2.75) is 37.6 Å². The van der Waals surface area contributed by atoms with Gasteiger partial charge in [0.2, 0.25) is 5.91 Å². The number of ether oxygens (including phenoxy) is 1. The van der Waals surface area contributed by atoms with Gasteiger partial charge in [0.15, 0.2) is 0 Å². The van der Waals surface area contributed by atoms with E-state index in [4.69, 9.17) is 4.74 Å². The zero-order chi connectivity index (χ0) is 21.5. The molecule has 0 radical (unpaired) electrons. The largest absolute Gasteiger partial charge is 0.496 e. The van der Waals surface area contributed by atoms with Crippen molar-refractivity contribution < 1.29 is 18.7 Å². The molecular formula is C23H23FN4O3. The van der Waals surface area contributed by atoms with Gasteiger partial charge in [0.05, 0.1) is 18.9 Å². The molecule has 8 heteroatoms. The third-order valence-corrected chi connectivity index (χ3v) is 6.09. The Bertz CT molecular complexity index is 1080.